The molecule has 0 aliphatic heterocycles. The molecule has 3 nitrogen and oxygen atoms in total. The third-order valence-corrected chi connectivity index (χ3v) is 3.99. The lowest BCUT2D eigenvalue weighted by Crippen LogP contribution is -2.19. The van der Waals surface area contributed by atoms with Crippen LogP contribution in [0.1, 0.15) is 30.0 Å². The Morgan fingerprint density at radius 3 is 2.90 bits per heavy atom. The monoisotopic (exact) mass is 304 g/mol. The summed E-state index contributed by atoms with van der Waals surface area (Å²) >= 11 is 1.77. The van der Waals surface area contributed by atoms with Crippen LogP contribution < -0.4 is 10.1 Å². The van der Waals surface area contributed by atoms with Gasteiger partial charge in [0.2, 0.25) is 5.88 Å². The van der Waals surface area contributed by atoms with Crippen molar-refractivity contribution in [3.8, 4) is 5.88 Å². The van der Waals surface area contributed by atoms with Crippen LogP contribution in [0.25, 0.3) is 0 Å². The zero-order valence-corrected chi connectivity index (χ0v) is 13.9. The number of nitrogens with one attached hydrogen (secondary N) is 1. The molecule has 2 rings (SSSR count). The lowest BCUT2D eigenvalue weighted by molar-refractivity contribution is 0.309. The van der Waals surface area contributed by atoms with Gasteiger partial charge < -0.3 is 10.1 Å². The summed E-state index contributed by atoms with van der Waals surface area (Å²) in [6.45, 7) is 9.00. The highest BCUT2D eigenvalue weighted by Gasteiger charge is 2.03. The number of pyridine rings is 1. The van der Waals surface area contributed by atoms with Crippen LogP contribution in [-0.2, 0) is 13.0 Å². The number of aryl methyl sites for hydroxylation is 1. The van der Waals surface area contributed by atoms with Crippen molar-refractivity contribution in [1.82, 2.24) is 10.3 Å². The van der Waals surface area contributed by atoms with E-state index in [1.54, 1.807) is 11.3 Å². The van der Waals surface area contributed by atoms with Gasteiger partial charge in [0.25, 0.3) is 0 Å². The maximum absolute atomic E-state index is 5.80. The van der Waals surface area contributed by atoms with Gasteiger partial charge in [-0.1, -0.05) is 19.9 Å². The Hall–Kier alpha value is -1.39. The molecular formula is C17H24N2OS. The third-order valence-electron chi connectivity index (χ3n) is 3.05. The standard InChI is InChI=1S/C17H24N2OS/c1-13(2)11-18-12-15-9-14(3)19-17(10-15)20-7-6-16-5-4-8-21-16/h4-5,8-10,13,18H,6-7,11-12H2,1-3H3. The fourth-order valence-electron chi connectivity index (χ4n) is 2.10. The quantitative estimate of drug-likeness (QED) is 0.805. The van der Waals surface area contributed by atoms with Crippen LogP contribution >= 0.6 is 11.3 Å². The summed E-state index contributed by atoms with van der Waals surface area (Å²) in [6, 6.07) is 8.36. The summed E-state index contributed by atoms with van der Waals surface area (Å²) in [6.07, 6.45) is 0.939. The average Bonchev–Trinajstić information content (AvgIpc) is 2.91. The SMILES string of the molecule is Cc1cc(CNCC(C)C)cc(OCCc2cccs2)n1. The Morgan fingerprint density at radius 2 is 2.19 bits per heavy atom. The number of rotatable bonds is 8. The lowest BCUT2D eigenvalue weighted by Gasteiger charge is -2.10. The van der Waals surface area contributed by atoms with Crippen molar-refractivity contribution in [2.24, 2.45) is 5.92 Å². The second-order valence-electron chi connectivity index (χ2n) is 5.66. The zero-order chi connectivity index (χ0) is 15.1. The third kappa shape index (κ3) is 5.86. The van der Waals surface area contributed by atoms with Crippen molar-refractivity contribution in [2.75, 3.05) is 13.2 Å². The van der Waals surface area contributed by atoms with Gasteiger partial charge in [0.1, 0.15) is 0 Å². The van der Waals surface area contributed by atoms with E-state index in [9.17, 15) is 0 Å². The molecule has 1 N–H and O–H groups in total. The van der Waals surface area contributed by atoms with Crippen LogP contribution in [0.15, 0.2) is 29.6 Å². The summed E-state index contributed by atoms with van der Waals surface area (Å²) in [4.78, 5) is 5.80. The van der Waals surface area contributed by atoms with Gasteiger partial charge in [0.15, 0.2) is 0 Å². The first-order valence-corrected chi connectivity index (χ1v) is 8.35. The zero-order valence-electron chi connectivity index (χ0n) is 13.1. The predicted octanol–water partition coefficient (Wildman–Crippen LogP) is 3.82. The second kappa shape index (κ2) is 8.15. The normalized spacial score (nSPS) is 11.0. The number of nitrogens with zero attached hydrogens (tertiary/aromatic N) is 1. The van der Waals surface area contributed by atoms with Gasteiger partial charge >= 0.3 is 0 Å². The first-order valence-electron chi connectivity index (χ1n) is 7.47. The lowest BCUT2D eigenvalue weighted by atomic mass is 10.2. The number of hydrogen-bond acceptors (Lipinski definition) is 4. The molecule has 0 amide bonds. The largest absolute Gasteiger partial charge is 0.477 e. The maximum atomic E-state index is 5.80. The first-order chi connectivity index (χ1) is 10.1. The van der Waals surface area contributed by atoms with Crippen LogP contribution in [0, 0.1) is 12.8 Å². The Morgan fingerprint density at radius 1 is 1.33 bits per heavy atom. The topological polar surface area (TPSA) is 34.1 Å². The Kier molecular flexibility index (Phi) is 6.21. The molecule has 2 heterocycles. The van der Waals surface area contributed by atoms with E-state index in [4.69, 9.17) is 4.74 Å². The first kappa shape index (κ1) is 16.0. The van der Waals surface area contributed by atoms with E-state index in [1.165, 1.54) is 10.4 Å². The number of aromatic nitrogens is 1. The highest BCUT2D eigenvalue weighted by Crippen LogP contribution is 2.14. The molecule has 114 valence electrons. The maximum Gasteiger partial charge on any atom is 0.213 e. The van der Waals surface area contributed by atoms with Gasteiger partial charge in [-0.25, -0.2) is 4.98 Å². The molecule has 0 spiro atoms. The predicted molar refractivity (Wildman–Crippen MR) is 89.0 cm³/mol. The van der Waals surface area contributed by atoms with Gasteiger partial charge in [-0.15, -0.1) is 11.3 Å². The number of ether oxygens (including phenoxy) is 1. The molecule has 2 aromatic rings. The summed E-state index contributed by atoms with van der Waals surface area (Å²) in [7, 11) is 0. The number of thiophene rings is 1. The highest BCUT2D eigenvalue weighted by molar-refractivity contribution is 7.09. The fourth-order valence-corrected chi connectivity index (χ4v) is 2.79. The Balaban J connectivity index is 1.85. The molecule has 0 fully saturated rings. The Labute approximate surface area is 131 Å². The van der Waals surface area contributed by atoms with E-state index < -0.39 is 0 Å². The molecule has 2 aromatic heterocycles. The van der Waals surface area contributed by atoms with Gasteiger partial charge in [-0.2, -0.15) is 0 Å². The molecular weight excluding hydrogens is 280 g/mol. The molecule has 0 aromatic carbocycles. The molecule has 0 aliphatic rings. The van der Waals surface area contributed by atoms with Crippen molar-refractivity contribution in [2.45, 2.75) is 33.7 Å². The summed E-state index contributed by atoms with van der Waals surface area (Å²) in [5.74, 6) is 1.39. The van der Waals surface area contributed by atoms with E-state index >= 15 is 0 Å². The average molecular weight is 304 g/mol. The van der Waals surface area contributed by atoms with Crippen LogP contribution in [-0.4, -0.2) is 18.1 Å². The molecule has 0 aliphatic carbocycles. The van der Waals surface area contributed by atoms with Crippen LogP contribution in [0.2, 0.25) is 0 Å². The molecule has 21 heavy (non-hydrogen) atoms. The summed E-state index contributed by atoms with van der Waals surface area (Å²) in [5.41, 5.74) is 2.24. The van der Waals surface area contributed by atoms with Crippen molar-refractivity contribution < 1.29 is 4.74 Å². The van der Waals surface area contributed by atoms with Gasteiger partial charge in [-0.3, -0.25) is 0 Å². The second-order valence-corrected chi connectivity index (χ2v) is 6.69. The van der Waals surface area contributed by atoms with E-state index in [-0.39, 0.29) is 0 Å². The summed E-state index contributed by atoms with van der Waals surface area (Å²) < 4.78 is 5.80. The van der Waals surface area contributed by atoms with Gasteiger partial charge in [0.05, 0.1) is 6.61 Å². The molecule has 0 saturated carbocycles. The molecule has 4 heteroatoms. The van der Waals surface area contributed by atoms with Gasteiger partial charge in [0, 0.05) is 29.6 Å². The van der Waals surface area contributed by atoms with Gasteiger partial charge in [-0.05, 0) is 42.5 Å². The van der Waals surface area contributed by atoms with Crippen LogP contribution in [0.3, 0.4) is 0 Å². The van der Waals surface area contributed by atoms with Crippen molar-refractivity contribution >= 4 is 11.3 Å². The van der Waals surface area contributed by atoms with Crippen LogP contribution in [0.5, 0.6) is 5.88 Å². The molecule has 0 saturated heterocycles. The van der Waals surface area contributed by atoms with Crippen LogP contribution in [0.4, 0.5) is 0 Å². The number of hydrogen-bond donors (Lipinski definition) is 1. The molecule has 0 radical (unpaired) electrons. The molecule has 0 unspecified atom stereocenters. The minimum Gasteiger partial charge on any atom is -0.477 e. The van der Waals surface area contributed by atoms with Crippen molar-refractivity contribution in [3.05, 3.63) is 45.8 Å². The van der Waals surface area contributed by atoms with E-state index in [2.05, 4.69) is 47.7 Å². The van der Waals surface area contributed by atoms with E-state index in [0.717, 1.165) is 31.1 Å². The fraction of sp³-hybridized carbons (Fsp3) is 0.471. The van der Waals surface area contributed by atoms with E-state index in [1.807, 2.05) is 13.0 Å². The Bertz CT molecular complexity index is 538. The highest BCUT2D eigenvalue weighted by atomic mass is 32.1. The van der Waals surface area contributed by atoms with Crippen molar-refractivity contribution in [1.29, 1.82) is 0 Å². The molecule has 0 atom stereocenters. The molecule has 0 bridgehead atoms. The smallest absolute Gasteiger partial charge is 0.213 e. The summed E-state index contributed by atoms with van der Waals surface area (Å²) in [5, 5.41) is 5.55. The van der Waals surface area contributed by atoms with Crippen molar-refractivity contribution in [3.63, 3.8) is 0 Å². The minimum absolute atomic E-state index is 0.662. The van der Waals surface area contributed by atoms with E-state index in [0.29, 0.717) is 12.5 Å². The minimum atomic E-state index is 0.662.